The molecule has 0 radical (unpaired) electrons. The van der Waals surface area contributed by atoms with E-state index in [1.54, 1.807) is 15.9 Å². The lowest BCUT2D eigenvalue weighted by molar-refractivity contribution is -0.155. The van der Waals surface area contributed by atoms with Crippen molar-refractivity contribution in [3.63, 3.8) is 0 Å². The number of rotatable bonds is 6. The Balaban J connectivity index is 1.96. The molecule has 1 saturated heterocycles. The number of hydrogen-bond acceptors (Lipinski definition) is 4. The number of amides is 1. The molecule has 1 amide bonds. The third kappa shape index (κ3) is 3.59. The lowest BCUT2D eigenvalue weighted by Crippen LogP contribution is -2.50. The van der Waals surface area contributed by atoms with Crippen molar-refractivity contribution in [1.82, 2.24) is 19.7 Å². The molecule has 2 heterocycles. The molecule has 0 unspecified atom stereocenters. The molecule has 7 heteroatoms. The molecular formula is C14H22N4O3. The van der Waals surface area contributed by atoms with Crippen molar-refractivity contribution in [3.8, 4) is 0 Å². The molecule has 2 rings (SSSR count). The van der Waals surface area contributed by atoms with Gasteiger partial charge >= 0.3 is 5.97 Å². The molecule has 1 aromatic heterocycles. The third-order valence-electron chi connectivity index (χ3n) is 4.13. The van der Waals surface area contributed by atoms with Crippen LogP contribution in [0.4, 0.5) is 0 Å². The van der Waals surface area contributed by atoms with Gasteiger partial charge in [-0.1, -0.05) is 13.3 Å². The van der Waals surface area contributed by atoms with Crippen LogP contribution in [0.3, 0.4) is 0 Å². The van der Waals surface area contributed by atoms with Crippen LogP contribution < -0.4 is 0 Å². The smallest absolute Gasteiger partial charge is 0.311 e. The Morgan fingerprint density at radius 2 is 2.24 bits per heavy atom. The summed E-state index contributed by atoms with van der Waals surface area (Å²) in [5.41, 5.74) is -0.768. The molecule has 0 spiro atoms. The fourth-order valence-electron chi connectivity index (χ4n) is 3.03. The van der Waals surface area contributed by atoms with E-state index in [-0.39, 0.29) is 5.91 Å². The molecule has 1 atom stereocenters. The minimum absolute atomic E-state index is 0.00747. The summed E-state index contributed by atoms with van der Waals surface area (Å²) in [6.07, 6.45) is 6.17. The van der Waals surface area contributed by atoms with E-state index in [0.29, 0.717) is 38.9 Å². The number of aliphatic carboxylic acids is 1. The molecular weight excluding hydrogens is 272 g/mol. The van der Waals surface area contributed by atoms with Gasteiger partial charge in [-0.05, 0) is 19.3 Å². The summed E-state index contributed by atoms with van der Waals surface area (Å²) in [6, 6.07) is 0. The average molecular weight is 294 g/mol. The molecule has 1 fully saturated rings. The van der Waals surface area contributed by atoms with Crippen LogP contribution >= 0.6 is 0 Å². The Bertz CT molecular complexity index is 484. The molecule has 1 aliphatic heterocycles. The minimum Gasteiger partial charge on any atom is -0.481 e. The zero-order chi connectivity index (χ0) is 15.3. The van der Waals surface area contributed by atoms with Crippen molar-refractivity contribution in [3.05, 3.63) is 12.7 Å². The average Bonchev–Trinajstić information content (AvgIpc) is 2.98. The van der Waals surface area contributed by atoms with Crippen molar-refractivity contribution in [2.75, 3.05) is 13.1 Å². The Kier molecular flexibility index (Phi) is 4.93. The summed E-state index contributed by atoms with van der Waals surface area (Å²) in [5, 5.41) is 13.5. The van der Waals surface area contributed by atoms with Gasteiger partial charge in [-0.3, -0.25) is 14.3 Å². The maximum Gasteiger partial charge on any atom is 0.311 e. The molecule has 116 valence electrons. The van der Waals surface area contributed by atoms with Crippen LogP contribution in [0.25, 0.3) is 0 Å². The first kappa shape index (κ1) is 15.5. The fraction of sp³-hybridized carbons (Fsp3) is 0.714. The molecule has 1 aliphatic rings. The van der Waals surface area contributed by atoms with Crippen molar-refractivity contribution < 1.29 is 14.7 Å². The molecule has 7 nitrogen and oxygen atoms in total. The Labute approximate surface area is 124 Å². The topological polar surface area (TPSA) is 88.3 Å². The minimum atomic E-state index is -0.780. The largest absolute Gasteiger partial charge is 0.481 e. The van der Waals surface area contributed by atoms with Gasteiger partial charge < -0.3 is 10.0 Å². The summed E-state index contributed by atoms with van der Waals surface area (Å²) in [5.74, 6) is -0.787. The highest BCUT2D eigenvalue weighted by atomic mass is 16.4. The predicted octanol–water partition coefficient (Wildman–Crippen LogP) is 1.16. The van der Waals surface area contributed by atoms with Crippen LogP contribution in [0.1, 0.15) is 39.0 Å². The van der Waals surface area contributed by atoms with E-state index in [4.69, 9.17) is 0 Å². The highest BCUT2D eigenvalue weighted by Gasteiger charge is 2.42. The second-order valence-corrected chi connectivity index (χ2v) is 5.66. The molecule has 1 N–H and O–H groups in total. The number of carboxylic acids is 1. The van der Waals surface area contributed by atoms with Crippen LogP contribution in [0.5, 0.6) is 0 Å². The second kappa shape index (κ2) is 6.69. The zero-order valence-corrected chi connectivity index (χ0v) is 12.4. The maximum atomic E-state index is 12.3. The van der Waals surface area contributed by atoms with Gasteiger partial charge in [0, 0.05) is 19.5 Å². The zero-order valence-electron chi connectivity index (χ0n) is 12.4. The van der Waals surface area contributed by atoms with Crippen molar-refractivity contribution >= 4 is 11.9 Å². The van der Waals surface area contributed by atoms with Crippen molar-refractivity contribution in [2.24, 2.45) is 5.41 Å². The molecule has 0 saturated carbocycles. The third-order valence-corrected chi connectivity index (χ3v) is 4.13. The van der Waals surface area contributed by atoms with Crippen LogP contribution in [-0.4, -0.2) is 49.7 Å². The standard InChI is InChI=1S/C14H22N4O3/c1-2-5-14(13(20)21)6-3-7-17(9-14)12(19)4-8-18-11-15-10-16-18/h10-11H,2-9H2,1H3,(H,20,21)/t14-/m1/s1. The van der Waals surface area contributed by atoms with Crippen LogP contribution in [-0.2, 0) is 16.1 Å². The van der Waals surface area contributed by atoms with Gasteiger partial charge in [0.15, 0.2) is 0 Å². The SMILES string of the molecule is CCC[C@@]1(C(=O)O)CCCN(C(=O)CCn2cncn2)C1. The van der Waals surface area contributed by atoms with E-state index >= 15 is 0 Å². The lowest BCUT2D eigenvalue weighted by Gasteiger charge is -2.40. The number of aromatic nitrogens is 3. The van der Waals surface area contributed by atoms with E-state index in [2.05, 4.69) is 10.1 Å². The molecule has 0 bridgehead atoms. The van der Waals surface area contributed by atoms with Gasteiger partial charge in [0.25, 0.3) is 0 Å². The number of nitrogens with zero attached hydrogens (tertiary/aromatic N) is 4. The first-order chi connectivity index (χ1) is 10.1. The van der Waals surface area contributed by atoms with Gasteiger partial charge in [0.2, 0.25) is 5.91 Å². The molecule has 1 aromatic rings. The monoisotopic (exact) mass is 294 g/mol. The van der Waals surface area contributed by atoms with E-state index in [1.807, 2.05) is 6.92 Å². The van der Waals surface area contributed by atoms with Gasteiger partial charge in [0.05, 0.1) is 12.0 Å². The quantitative estimate of drug-likeness (QED) is 0.850. The Hall–Kier alpha value is -1.92. The Morgan fingerprint density at radius 3 is 2.86 bits per heavy atom. The van der Waals surface area contributed by atoms with E-state index < -0.39 is 11.4 Å². The molecule has 0 aliphatic carbocycles. The van der Waals surface area contributed by atoms with Gasteiger partial charge in [-0.15, -0.1) is 0 Å². The Morgan fingerprint density at radius 1 is 1.43 bits per heavy atom. The highest BCUT2D eigenvalue weighted by Crippen LogP contribution is 2.35. The van der Waals surface area contributed by atoms with Crippen molar-refractivity contribution in [2.45, 2.75) is 45.6 Å². The molecule has 21 heavy (non-hydrogen) atoms. The normalized spacial score (nSPS) is 22.2. The summed E-state index contributed by atoms with van der Waals surface area (Å²) in [4.78, 5) is 29.4. The molecule has 0 aromatic carbocycles. The lowest BCUT2D eigenvalue weighted by atomic mass is 9.76. The van der Waals surface area contributed by atoms with E-state index in [9.17, 15) is 14.7 Å². The first-order valence-corrected chi connectivity index (χ1v) is 7.41. The summed E-state index contributed by atoms with van der Waals surface area (Å²) in [6.45, 7) is 3.43. The number of hydrogen-bond donors (Lipinski definition) is 1. The number of carbonyl (C=O) groups excluding carboxylic acids is 1. The summed E-state index contributed by atoms with van der Waals surface area (Å²) < 4.78 is 1.61. The number of carboxylic acid groups (broad SMARTS) is 1. The van der Waals surface area contributed by atoms with Gasteiger partial charge in [0.1, 0.15) is 12.7 Å². The number of piperidine rings is 1. The highest BCUT2D eigenvalue weighted by molar-refractivity contribution is 5.79. The van der Waals surface area contributed by atoms with Crippen LogP contribution in [0.2, 0.25) is 0 Å². The second-order valence-electron chi connectivity index (χ2n) is 5.66. The van der Waals surface area contributed by atoms with Gasteiger partial charge in [-0.25, -0.2) is 4.98 Å². The van der Waals surface area contributed by atoms with Crippen LogP contribution in [0, 0.1) is 5.41 Å². The number of aryl methyl sites for hydroxylation is 1. The maximum absolute atomic E-state index is 12.3. The fourth-order valence-corrected chi connectivity index (χ4v) is 3.03. The first-order valence-electron chi connectivity index (χ1n) is 7.41. The summed E-state index contributed by atoms with van der Waals surface area (Å²) in [7, 11) is 0. The van der Waals surface area contributed by atoms with Crippen molar-refractivity contribution in [1.29, 1.82) is 0 Å². The van der Waals surface area contributed by atoms with Crippen LogP contribution in [0.15, 0.2) is 12.7 Å². The summed E-state index contributed by atoms with van der Waals surface area (Å²) >= 11 is 0. The van der Waals surface area contributed by atoms with E-state index in [0.717, 1.165) is 12.8 Å². The predicted molar refractivity (Wildman–Crippen MR) is 75.4 cm³/mol. The van der Waals surface area contributed by atoms with E-state index in [1.165, 1.54) is 6.33 Å². The number of carbonyl (C=O) groups is 2. The number of likely N-dealkylation sites (tertiary alicyclic amines) is 1. The van der Waals surface area contributed by atoms with Gasteiger partial charge in [-0.2, -0.15) is 5.10 Å².